The zero-order valence-electron chi connectivity index (χ0n) is 19.6. The average Bonchev–Trinajstić information content (AvgIpc) is 3.27. The second-order valence-electron chi connectivity index (χ2n) is 9.72. The van der Waals surface area contributed by atoms with Crippen molar-refractivity contribution in [2.75, 3.05) is 20.3 Å². The van der Waals surface area contributed by atoms with E-state index in [2.05, 4.69) is 5.32 Å². The number of nitrogens with one attached hydrogen (secondary N) is 1. The van der Waals surface area contributed by atoms with Crippen LogP contribution in [0.25, 0.3) is 0 Å². The molecule has 16 atom stereocenters. The Morgan fingerprint density at radius 1 is 0.944 bits per heavy atom. The molecular weight excluding hydrogens is 490 g/mol. The fraction of sp³-hybridized carbons (Fsp3) is 1.00. The van der Waals surface area contributed by atoms with Gasteiger partial charge in [0.25, 0.3) is 0 Å². The molecule has 1 spiro atoms. The van der Waals surface area contributed by atoms with E-state index in [-0.39, 0.29) is 6.42 Å². The minimum Gasteiger partial charge on any atom is -0.395 e. The summed E-state index contributed by atoms with van der Waals surface area (Å²) < 4.78 is 28.7. The second kappa shape index (κ2) is 10.9. The molecule has 0 aromatic rings. The molecule has 3 heterocycles. The highest BCUT2D eigenvalue weighted by molar-refractivity contribution is 5.05. The molecule has 4 aliphatic rings. The van der Waals surface area contributed by atoms with E-state index in [1.165, 1.54) is 0 Å². The Bertz CT molecular complexity index is 756. The molecule has 0 bridgehead atoms. The molecule has 4 fully saturated rings. The number of nitrogens with two attached hydrogens (primary N) is 2. The topological polar surface area (TPSA) is 272 Å². The van der Waals surface area contributed by atoms with E-state index in [0.29, 0.717) is 0 Å². The molecular formula is C20H37N3O13. The summed E-state index contributed by atoms with van der Waals surface area (Å²) in [6, 6.07) is -2.50. The van der Waals surface area contributed by atoms with Crippen LogP contribution in [0.15, 0.2) is 0 Å². The molecule has 16 heteroatoms. The van der Waals surface area contributed by atoms with E-state index in [1.54, 1.807) is 7.05 Å². The van der Waals surface area contributed by atoms with Crippen molar-refractivity contribution < 1.29 is 64.5 Å². The smallest absolute Gasteiger partial charge is 0.314 e. The van der Waals surface area contributed by atoms with Crippen LogP contribution in [0.5, 0.6) is 0 Å². The van der Waals surface area contributed by atoms with Crippen LogP contribution in [0, 0.1) is 0 Å². The van der Waals surface area contributed by atoms with Crippen molar-refractivity contribution in [3.05, 3.63) is 0 Å². The van der Waals surface area contributed by atoms with Crippen LogP contribution < -0.4 is 16.8 Å². The predicted octanol–water partition coefficient (Wildman–Crippen LogP) is -7.27. The summed E-state index contributed by atoms with van der Waals surface area (Å²) in [5.74, 6) is -2.48. The monoisotopic (exact) mass is 527 g/mol. The molecule has 4 rings (SSSR count). The molecule has 210 valence electrons. The van der Waals surface area contributed by atoms with Crippen LogP contribution in [0.4, 0.5) is 0 Å². The maximum atomic E-state index is 10.7. The van der Waals surface area contributed by atoms with Gasteiger partial charge in [-0.25, -0.2) is 0 Å². The van der Waals surface area contributed by atoms with Crippen LogP contribution in [0.1, 0.15) is 6.42 Å². The van der Waals surface area contributed by atoms with E-state index < -0.39 is 111 Å². The summed E-state index contributed by atoms with van der Waals surface area (Å²) in [6.45, 7) is -1.33. The van der Waals surface area contributed by atoms with Crippen molar-refractivity contribution in [3.63, 3.8) is 0 Å². The Morgan fingerprint density at radius 3 is 2.22 bits per heavy atom. The molecule has 16 nitrogen and oxygen atoms in total. The van der Waals surface area contributed by atoms with E-state index in [0.717, 1.165) is 0 Å². The lowest BCUT2D eigenvalue weighted by Crippen LogP contribution is -2.69. The van der Waals surface area contributed by atoms with Gasteiger partial charge in [-0.15, -0.1) is 0 Å². The van der Waals surface area contributed by atoms with E-state index >= 15 is 0 Å². The van der Waals surface area contributed by atoms with Gasteiger partial charge < -0.3 is 81.3 Å². The summed E-state index contributed by atoms with van der Waals surface area (Å²) in [4.78, 5) is 0. The number of hydrogen-bond donors (Lipinski definition) is 11. The van der Waals surface area contributed by atoms with Crippen LogP contribution in [-0.4, -0.2) is 159 Å². The first-order valence-corrected chi connectivity index (χ1v) is 11.8. The summed E-state index contributed by atoms with van der Waals surface area (Å²) in [6.07, 6.45) is -17.7. The van der Waals surface area contributed by atoms with Gasteiger partial charge in [-0.3, -0.25) is 0 Å². The van der Waals surface area contributed by atoms with Gasteiger partial charge >= 0.3 is 5.97 Å². The lowest BCUT2D eigenvalue weighted by Gasteiger charge is -2.46. The predicted molar refractivity (Wildman–Crippen MR) is 115 cm³/mol. The molecule has 3 saturated heterocycles. The Balaban J connectivity index is 1.62. The second-order valence-corrected chi connectivity index (χ2v) is 9.72. The molecule has 3 unspecified atom stereocenters. The number of likely N-dealkylation sites (N-methyl/N-ethyl adjacent to an activating group) is 1. The van der Waals surface area contributed by atoms with Crippen molar-refractivity contribution in [3.8, 4) is 0 Å². The maximum absolute atomic E-state index is 10.7. The van der Waals surface area contributed by atoms with Gasteiger partial charge in [-0.2, -0.15) is 0 Å². The SMILES string of the molecule is CN[C@H]1C[C@@H](N)[C@H](O)[C@@H](O[C@@H]2O[C@H](CO)[C@H](O)[C@@H]3OC4(O[C@H]23)O[C@H](C(N)CO)[C@H](O)[C@H](O)C4O)[C@@H]1O. The van der Waals surface area contributed by atoms with Crippen molar-refractivity contribution in [2.45, 2.75) is 104 Å². The molecule has 1 saturated carbocycles. The largest absolute Gasteiger partial charge is 0.395 e. The molecule has 13 N–H and O–H groups in total. The zero-order valence-corrected chi connectivity index (χ0v) is 19.6. The van der Waals surface area contributed by atoms with Crippen LogP contribution in [0.3, 0.4) is 0 Å². The Morgan fingerprint density at radius 2 is 1.61 bits per heavy atom. The molecule has 0 radical (unpaired) electrons. The number of aliphatic hydroxyl groups excluding tert-OH is 8. The summed E-state index contributed by atoms with van der Waals surface area (Å²) in [5, 5.41) is 85.6. The lowest BCUT2D eigenvalue weighted by molar-refractivity contribution is -0.439. The minimum absolute atomic E-state index is 0.254. The summed E-state index contributed by atoms with van der Waals surface area (Å²) >= 11 is 0. The number of ether oxygens (including phenoxy) is 5. The van der Waals surface area contributed by atoms with Crippen LogP contribution in [-0.2, 0) is 23.7 Å². The zero-order chi connectivity index (χ0) is 26.5. The standard InChI is InChI=1S/C20H37N3O13/c1-23-7-2-5(21)9(26)15(10(7)27)33-19-17-16(11(28)8(4-25)32-19)35-20(36-17)18(31)13(30)12(29)14(34-20)6(22)3-24/h5-19,23-31H,2-4,21-22H2,1H3/t5-,6?,7+,8-,9+,10-,11+,12-,13+,14-,15-,16+,17+,18?,19+,20?/m1/s1. The number of rotatable bonds is 6. The molecule has 1 aliphatic carbocycles. The number of fused-ring (bicyclic) bond motifs is 1. The first-order valence-electron chi connectivity index (χ1n) is 11.8. The first-order chi connectivity index (χ1) is 17.0. The first kappa shape index (κ1) is 28.4. The molecule has 0 aromatic heterocycles. The minimum atomic E-state index is -2.48. The Labute approximate surface area is 206 Å². The maximum Gasteiger partial charge on any atom is 0.314 e. The third-order valence-electron chi connectivity index (χ3n) is 7.42. The van der Waals surface area contributed by atoms with Gasteiger partial charge in [-0.05, 0) is 13.5 Å². The van der Waals surface area contributed by atoms with Gasteiger partial charge in [0.05, 0.1) is 31.5 Å². The van der Waals surface area contributed by atoms with E-state index in [4.69, 9.17) is 35.2 Å². The third kappa shape index (κ3) is 4.68. The fourth-order valence-corrected chi connectivity index (χ4v) is 5.23. The fourth-order valence-electron chi connectivity index (χ4n) is 5.23. The lowest BCUT2D eigenvalue weighted by atomic mass is 9.84. The van der Waals surface area contributed by atoms with Gasteiger partial charge in [0, 0.05) is 12.1 Å². The van der Waals surface area contributed by atoms with Crippen molar-refractivity contribution in [1.29, 1.82) is 0 Å². The molecule has 0 amide bonds. The van der Waals surface area contributed by atoms with Crippen LogP contribution in [0.2, 0.25) is 0 Å². The normalized spacial score (nSPS) is 54.4. The van der Waals surface area contributed by atoms with Crippen LogP contribution >= 0.6 is 0 Å². The van der Waals surface area contributed by atoms with Gasteiger partial charge in [0.2, 0.25) is 0 Å². The average molecular weight is 528 g/mol. The van der Waals surface area contributed by atoms with E-state index in [9.17, 15) is 40.9 Å². The Kier molecular flexibility index (Phi) is 8.55. The highest BCUT2D eigenvalue weighted by Crippen LogP contribution is 2.45. The van der Waals surface area contributed by atoms with Crippen molar-refractivity contribution in [2.24, 2.45) is 11.5 Å². The summed E-state index contributed by atoms with van der Waals surface area (Å²) in [5.41, 5.74) is 11.8. The third-order valence-corrected chi connectivity index (χ3v) is 7.42. The summed E-state index contributed by atoms with van der Waals surface area (Å²) in [7, 11) is 1.60. The van der Waals surface area contributed by atoms with E-state index in [1.807, 2.05) is 0 Å². The molecule has 0 aromatic carbocycles. The highest BCUT2D eigenvalue weighted by Gasteiger charge is 2.67. The van der Waals surface area contributed by atoms with Crippen molar-refractivity contribution in [1.82, 2.24) is 5.32 Å². The quantitative estimate of drug-likeness (QED) is 0.153. The molecule has 36 heavy (non-hydrogen) atoms. The molecule has 3 aliphatic heterocycles. The van der Waals surface area contributed by atoms with Gasteiger partial charge in [0.1, 0.15) is 48.8 Å². The van der Waals surface area contributed by atoms with Gasteiger partial charge in [0.15, 0.2) is 12.4 Å². The number of aliphatic hydroxyl groups is 8. The highest BCUT2D eigenvalue weighted by atomic mass is 16.9. The number of hydrogen-bond acceptors (Lipinski definition) is 16. The Hall–Kier alpha value is -0.640. The van der Waals surface area contributed by atoms with Crippen molar-refractivity contribution >= 4 is 0 Å². The van der Waals surface area contributed by atoms with Gasteiger partial charge in [-0.1, -0.05) is 0 Å².